The lowest BCUT2D eigenvalue weighted by atomic mass is 10.3. The van der Waals surface area contributed by atoms with E-state index in [2.05, 4.69) is 0 Å². The summed E-state index contributed by atoms with van der Waals surface area (Å²) >= 11 is 5.57. The molecule has 0 bridgehead atoms. The smallest absolute Gasteiger partial charge is 0.242 e. The second-order valence-corrected chi connectivity index (χ2v) is 7.51. The number of hydrogen-bond acceptors (Lipinski definition) is 3. The topological polar surface area (TPSA) is 46.6 Å². The minimum absolute atomic E-state index is 0.311. The Kier molecular flexibility index (Phi) is 5.29. The highest BCUT2D eigenvalue weighted by atomic mass is 35.5. The van der Waals surface area contributed by atoms with Crippen LogP contribution in [0.15, 0.2) is 29.2 Å². The zero-order valence-corrected chi connectivity index (χ0v) is 13.2. The Labute approximate surface area is 125 Å². The van der Waals surface area contributed by atoms with Gasteiger partial charge in [-0.15, -0.1) is 11.6 Å². The number of rotatable bonds is 8. The minimum Gasteiger partial charge on any atom is -0.494 e. The van der Waals surface area contributed by atoms with Gasteiger partial charge in [-0.05, 0) is 49.4 Å². The summed E-state index contributed by atoms with van der Waals surface area (Å²) in [6, 6.07) is 6.56. The van der Waals surface area contributed by atoms with Crippen LogP contribution in [0.1, 0.15) is 19.3 Å². The number of alkyl halides is 1. The predicted molar refractivity (Wildman–Crippen MR) is 79.8 cm³/mol. The van der Waals surface area contributed by atoms with Crippen LogP contribution in [0, 0.1) is 5.92 Å². The van der Waals surface area contributed by atoms with Crippen molar-refractivity contribution in [1.82, 2.24) is 4.31 Å². The Bertz CT molecular complexity index is 526. The Morgan fingerprint density at radius 1 is 1.30 bits per heavy atom. The summed E-state index contributed by atoms with van der Waals surface area (Å²) in [5, 5.41) is 0. The molecule has 0 spiro atoms. The summed E-state index contributed by atoms with van der Waals surface area (Å²) in [5.74, 6) is 1.75. The first-order valence-corrected chi connectivity index (χ1v) is 8.76. The number of benzene rings is 1. The average Bonchev–Trinajstić information content (AvgIpc) is 3.23. The molecule has 0 amide bonds. The number of halogens is 1. The quantitative estimate of drug-likeness (QED) is 0.547. The Morgan fingerprint density at radius 3 is 2.50 bits per heavy atom. The molecule has 0 aliphatic heterocycles. The summed E-state index contributed by atoms with van der Waals surface area (Å²) < 4.78 is 31.6. The van der Waals surface area contributed by atoms with E-state index in [4.69, 9.17) is 16.3 Å². The van der Waals surface area contributed by atoms with Gasteiger partial charge in [0.2, 0.25) is 10.0 Å². The standard InChI is InChI=1S/C14H20ClNO3S/c1-16(11-12-3-4-12)20(17,18)14-7-5-13(6-8-14)19-10-2-9-15/h5-8,12H,2-4,9-11H2,1H3. The maximum atomic E-state index is 12.3. The second kappa shape index (κ2) is 6.78. The molecule has 0 heterocycles. The Balaban J connectivity index is 2.00. The van der Waals surface area contributed by atoms with Crippen LogP contribution < -0.4 is 4.74 Å². The van der Waals surface area contributed by atoms with Gasteiger partial charge in [0, 0.05) is 19.5 Å². The van der Waals surface area contributed by atoms with Gasteiger partial charge in [-0.2, -0.15) is 0 Å². The molecule has 1 aromatic rings. The van der Waals surface area contributed by atoms with Crippen LogP contribution in [0.3, 0.4) is 0 Å². The fourth-order valence-electron chi connectivity index (χ4n) is 1.89. The summed E-state index contributed by atoms with van der Waals surface area (Å²) in [6.07, 6.45) is 3.03. The molecule has 0 aromatic heterocycles. The van der Waals surface area contributed by atoms with Crippen LogP contribution in [-0.4, -0.2) is 38.8 Å². The molecule has 1 aliphatic carbocycles. The lowest BCUT2D eigenvalue weighted by Crippen LogP contribution is -2.28. The van der Waals surface area contributed by atoms with E-state index in [1.54, 1.807) is 31.3 Å². The van der Waals surface area contributed by atoms with Crippen LogP contribution in [0.2, 0.25) is 0 Å². The SMILES string of the molecule is CN(CC1CC1)S(=O)(=O)c1ccc(OCCCCl)cc1. The van der Waals surface area contributed by atoms with Crippen LogP contribution >= 0.6 is 11.6 Å². The van der Waals surface area contributed by atoms with Crippen molar-refractivity contribution in [2.75, 3.05) is 26.1 Å². The van der Waals surface area contributed by atoms with E-state index in [0.717, 1.165) is 19.3 Å². The first-order valence-electron chi connectivity index (χ1n) is 6.79. The van der Waals surface area contributed by atoms with Gasteiger partial charge in [0.1, 0.15) is 5.75 Å². The third kappa shape index (κ3) is 4.11. The molecular formula is C14H20ClNO3S. The molecule has 2 rings (SSSR count). The molecule has 20 heavy (non-hydrogen) atoms. The molecule has 1 fully saturated rings. The van der Waals surface area contributed by atoms with Gasteiger partial charge in [0.15, 0.2) is 0 Å². The van der Waals surface area contributed by atoms with Gasteiger partial charge < -0.3 is 4.74 Å². The molecule has 6 heteroatoms. The molecule has 1 aliphatic rings. The van der Waals surface area contributed by atoms with Gasteiger partial charge in [0.25, 0.3) is 0 Å². The molecule has 1 aromatic carbocycles. The van der Waals surface area contributed by atoms with Crippen molar-refractivity contribution in [1.29, 1.82) is 0 Å². The van der Waals surface area contributed by atoms with Crippen LogP contribution in [0.5, 0.6) is 5.75 Å². The van der Waals surface area contributed by atoms with Crippen molar-refractivity contribution >= 4 is 21.6 Å². The van der Waals surface area contributed by atoms with Crippen molar-refractivity contribution in [3.8, 4) is 5.75 Å². The zero-order valence-electron chi connectivity index (χ0n) is 11.6. The summed E-state index contributed by atoms with van der Waals surface area (Å²) in [5.41, 5.74) is 0. The average molecular weight is 318 g/mol. The number of hydrogen-bond donors (Lipinski definition) is 0. The third-order valence-electron chi connectivity index (χ3n) is 3.29. The molecule has 4 nitrogen and oxygen atoms in total. The summed E-state index contributed by atoms with van der Waals surface area (Å²) in [4.78, 5) is 0.311. The van der Waals surface area contributed by atoms with E-state index in [1.165, 1.54) is 4.31 Å². The highest BCUT2D eigenvalue weighted by Gasteiger charge is 2.29. The third-order valence-corrected chi connectivity index (χ3v) is 5.40. The van der Waals surface area contributed by atoms with Gasteiger partial charge >= 0.3 is 0 Å². The van der Waals surface area contributed by atoms with E-state index in [-0.39, 0.29) is 0 Å². The van der Waals surface area contributed by atoms with Crippen LogP contribution in [0.4, 0.5) is 0 Å². The second-order valence-electron chi connectivity index (χ2n) is 5.09. The maximum Gasteiger partial charge on any atom is 0.242 e. The van der Waals surface area contributed by atoms with E-state index in [9.17, 15) is 8.42 Å². The maximum absolute atomic E-state index is 12.3. The zero-order chi connectivity index (χ0) is 14.6. The van der Waals surface area contributed by atoms with Crippen LogP contribution in [-0.2, 0) is 10.0 Å². The summed E-state index contributed by atoms with van der Waals surface area (Å²) in [7, 11) is -1.74. The number of sulfonamides is 1. The van der Waals surface area contributed by atoms with Gasteiger partial charge in [-0.25, -0.2) is 12.7 Å². The fourth-order valence-corrected chi connectivity index (χ4v) is 3.25. The summed E-state index contributed by atoms with van der Waals surface area (Å²) in [6.45, 7) is 1.15. The van der Waals surface area contributed by atoms with Crippen molar-refractivity contribution in [2.24, 2.45) is 5.92 Å². The lowest BCUT2D eigenvalue weighted by Gasteiger charge is -2.17. The van der Waals surface area contributed by atoms with E-state index in [0.29, 0.717) is 35.6 Å². The van der Waals surface area contributed by atoms with Gasteiger partial charge in [0.05, 0.1) is 11.5 Å². The van der Waals surface area contributed by atoms with Crippen molar-refractivity contribution < 1.29 is 13.2 Å². The molecule has 0 N–H and O–H groups in total. The molecule has 1 saturated carbocycles. The highest BCUT2D eigenvalue weighted by Crippen LogP contribution is 2.31. The first kappa shape index (κ1) is 15.6. The number of ether oxygens (including phenoxy) is 1. The van der Waals surface area contributed by atoms with E-state index >= 15 is 0 Å². The normalized spacial score (nSPS) is 15.6. The lowest BCUT2D eigenvalue weighted by molar-refractivity contribution is 0.318. The Hall–Kier alpha value is -0.780. The molecule has 0 radical (unpaired) electrons. The van der Waals surface area contributed by atoms with Gasteiger partial charge in [-0.3, -0.25) is 0 Å². The molecule has 0 unspecified atom stereocenters. The van der Waals surface area contributed by atoms with Crippen molar-refractivity contribution in [2.45, 2.75) is 24.2 Å². The van der Waals surface area contributed by atoms with Crippen molar-refractivity contribution in [3.05, 3.63) is 24.3 Å². The largest absolute Gasteiger partial charge is 0.494 e. The van der Waals surface area contributed by atoms with E-state index < -0.39 is 10.0 Å². The first-order chi connectivity index (χ1) is 9.54. The molecule has 112 valence electrons. The molecular weight excluding hydrogens is 298 g/mol. The predicted octanol–water partition coefficient (Wildman–Crippen LogP) is 2.72. The van der Waals surface area contributed by atoms with Crippen LogP contribution in [0.25, 0.3) is 0 Å². The minimum atomic E-state index is -3.38. The fraction of sp³-hybridized carbons (Fsp3) is 0.571. The molecule has 0 atom stereocenters. The van der Waals surface area contributed by atoms with E-state index in [1.807, 2.05) is 0 Å². The van der Waals surface area contributed by atoms with Gasteiger partial charge in [-0.1, -0.05) is 0 Å². The van der Waals surface area contributed by atoms with Crippen molar-refractivity contribution in [3.63, 3.8) is 0 Å². The monoisotopic (exact) mass is 317 g/mol. The molecule has 0 saturated heterocycles. The highest BCUT2D eigenvalue weighted by molar-refractivity contribution is 7.89. The Morgan fingerprint density at radius 2 is 1.95 bits per heavy atom. The number of nitrogens with zero attached hydrogens (tertiary/aromatic N) is 1.